The highest BCUT2D eigenvalue weighted by Gasteiger charge is 2.21. The lowest BCUT2D eigenvalue weighted by Gasteiger charge is -2.21. The molecule has 0 aromatic heterocycles. The van der Waals surface area contributed by atoms with Crippen molar-refractivity contribution in [1.82, 2.24) is 0 Å². The highest BCUT2D eigenvalue weighted by atomic mass is 19.1. The first-order chi connectivity index (χ1) is 10.6. The minimum Gasteiger partial charge on any atom is -0.463 e. The van der Waals surface area contributed by atoms with Gasteiger partial charge in [0.25, 0.3) is 0 Å². The molecule has 0 fully saturated rings. The van der Waals surface area contributed by atoms with Gasteiger partial charge in [-0.05, 0) is 36.8 Å². The maximum absolute atomic E-state index is 13.0. The fraction of sp³-hybridized carbons (Fsp3) is 0.167. The van der Waals surface area contributed by atoms with E-state index in [1.54, 1.807) is 19.1 Å². The molecule has 114 valence electrons. The topological polar surface area (TPSA) is 38.3 Å². The summed E-state index contributed by atoms with van der Waals surface area (Å²) in [6.07, 6.45) is 0. The number of nitrogens with one attached hydrogen (secondary N) is 1. The first kappa shape index (κ1) is 15.8. The number of rotatable bonds is 6. The van der Waals surface area contributed by atoms with Crippen molar-refractivity contribution in [2.45, 2.75) is 13.0 Å². The normalized spacial score (nSPS) is 11.5. The molecule has 3 nitrogen and oxygen atoms in total. The van der Waals surface area contributed by atoms with E-state index in [4.69, 9.17) is 4.74 Å². The molecule has 0 aliphatic rings. The molecule has 0 saturated carbocycles. The van der Waals surface area contributed by atoms with E-state index in [1.807, 2.05) is 30.3 Å². The molecular formula is C18H18FNO2. The zero-order chi connectivity index (χ0) is 15.9. The molecule has 0 saturated heterocycles. The van der Waals surface area contributed by atoms with E-state index in [-0.39, 0.29) is 12.4 Å². The van der Waals surface area contributed by atoms with Gasteiger partial charge in [-0.2, -0.15) is 0 Å². The van der Waals surface area contributed by atoms with Gasteiger partial charge >= 0.3 is 5.97 Å². The zero-order valence-electron chi connectivity index (χ0n) is 12.4. The maximum atomic E-state index is 13.0. The van der Waals surface area contributed by atoms with Gasteiger partial charge in [0.05, 0.1) is 18.2 Å². The molecule has 1 unspecified atom stereocenters. The van der Waals surface area contributed by atoms with Gasteiger partial charge in [0.2, 0.25) is 0 Å². The molecule has 0 aliphatic heterocycles. The van der Waals surface area contributed by atoms with E-state index in [1.165, 1.54) is 12.1 Å². The molecule has 1 atom stereocenters. The third-order valence-electron chi connectivity index (χ3n) is 3.17. The van der Waals surface area contributed by atoms with E-state index in [0.717, 1.165) is 5.56 Å². The van der Waals surface area contributed by atoms with E-state index in [9.17, 15) is 9.18 Å². The number of esters is 1. The number of carbonyl (C=O) groups excluding carboxylic acids is 1. The predicted octanol–water partition coefficient (Wildman–Crippen LogP) is 4.10. The summed E-state index contributed by atoms with van der Waals surface area (Å²) in [6, 6.07) is 15.0. The standard InChI is InChI=1S/C18H18FNO2/c1-3-22-18(21)13(2)17(14-7-5-4-6-8-14)20-16-11-9-15(19)10-12-16/h4-12,17,20H,2-3H2,1H3. The smallest absolute Gasteiger partial charge is 0.335 e. The van der Waals surface area contributed by atoms with Crippen LogP contribution in [-0.2, 0) is 9.53 Å². The van der Waals surface area contributed by atoms with E-state index in [2.05, 4.69) is 11.9 Å². The Labute approximate surface area is 129 Å². The fourth-order valence-corrected chi connectivity index (χ4v) is 2.07. The number of benzene rings is 2. The first-order valence-corrected chi connectivity index (χ1v) is 7.04. The number of ether oxygens (including phenoxy) is 1. The molecule has 2 aromatic rings. The summed E-state index contributed by atoms with van der Waals surface area (Å²) in [5.74, 6) is -0.767. The Hall–Kier alpha value is -2.62. The minimum absolute atomic E-state index is 0.288. The summed E-state index contributed by atoms with van der Waals surface area (Å²) in [5.41, 5.74) is 1.88. The summed E-state index contributed by atoms with van der Waals surface area (Å²) in [5, 5.41) is 3.19. The molecule has 0 amide bonds. The van der Waals surface area contributed by atoms with Crippen molar-refractivity contribution in [3.8, 4) is 0 Å². The van der Waals surface area contributed by atoms with Crippen LogP contribution in [0.1, 0.15) is 18.5 Å². The third kappa shape index (κ3) is 3.95. The molecule has 2 rings (SSSR count). The van der Waals surface area contributed by atoms with Crippen LogP contribution >= 0.6 is 0 Å². The van der Waals surface area contributed by atoms with Gasteiger partial charge in [-0.15, -0.1) is 0 Å². The van der Waals surface area contributed by atoms with Crippen molar-refractivity contribution in [2.75, 3.05) is 11.9 Å². The monoisotopic (exact) mass is 299 g/mol. The van der Waals surface area contributed by atoms with E-state index >= 15 is 0 Å². The molecule has 0 spiro atoms. The third-order valence-corrected chi connectivity index (χ3v) is 3.17. The average molecular weight is 299 g/mol. The lowest BCUT2D eigenvalue weighted by atomic mass is 9.99. The Morgan fingerprint density at radius 2 is 1.82 bits per heavy atom. The van der Waals surface area contributed by atoms with Crippen molar-refractivity contribution < 1.29 is 13.9 Å². The number of hydrogen-bond acceptors (Lipinski definition) is 3. The van der Waals surface area contributed by atoms with Gasteiger partial charge in [0.1, 0.15) is 5.82 Å². The van der Waals surface area contributed by atoms with E-state index < -0.39 is 12.0 Å². The summed E-state index contributed by atoms with van der Waals surface area (Å²) >= 11 is 0. The lowest BCUT2D eigenvalue weighted by molar-refractivity contribution is -0.138. The van der Waals surface area contributed by atoms with Gasteiger partial charge < -0.3 is 10.1 Å². The predicted molar refractivity (Wildman–Crippen MR) is 85.0 cm³/mol. The number of anilines is 1. The summed E-state index contributed by atoms with van der Waals surface area (Å²) < 4.78 is 18.0. The molecule has 1 N–H and O–H groups in total. The number of hydrogen-bond donors (Lipinski definition) is 1. The summed E-state index contributed by atoms with van der Waals surface area (Å²) in [6.45, 7) is 5.89. The Morgan fingerprint density at radius 3 is 2.41 bits per heavy atom. The molecule has 4 heteroatoms. The Bertz CT molecular complexity index is 638. The first-order valence-electron chi connectivity index (χ1n) is 7.04. The Morgan fingerprint density at radius 1 is 1.18 bits per heavy atom. The van der Waals surface area contributed by atoms with Crippen molar-refractivity contribution in [3.63, 3.8) is 0 Å². The number of carbonyl (C=O) groups is 1. The fourth-order valence-electron chi connectivity index (χ4n) is 2.07. The van der Waals surface area contributed by atoms with Gasteiger partial charge in [-0.3, -0.25) is 0 Å². The van der Waals surface area contributed by atoms with Crippen molar-refractivity contribution in [1.29, 1.82) is 0 Å². The van der Waals surface area contributed by atoms with Gasteiger partial charge in [0, 0.05) is 5.69 Å². The van der Waals surface area contributed by atoms with Crippen LogP contribution in [0.5, 0.6) is 0 Å². The van der Waals surface area contributed by atoms with Crippen LogP contribution in [0.2, 0.25) is 0 Å². The quantitative estimate of drug-likeness (QED) is 0.644. The van der Waals surface area contributed by atoms with Crippen LogP contribution in [0.15, 0.2) is 66.7 Å². The molecule has 0 bridgehead atoms. The zero-order valence-corrected chi connectivity index (χ0v) is 12.4. The van der Waals surface area contributed by atoms with Crippen molar-refractivity contribution >= 4 is 11.7 Å². The van der Waals surface area contributed by atoms with Crippen LogP contribution in [0, 0.1) is 5.82 Å². The largest absolute Gasteiger partial charge is 0.463 e. The maximum Gasteiger partial charge on any atom is 0.335 e. The molecule has 0 heterocycles. The molecule has 0 radical (unpaired) electrons. The van der Waals surface area contributed by atoms with Gasteiger partial charge in [0.15, 0.2) is 0 Å². The summed E-state index contributed by atoms with van der Waals surface area (Å²) in [4.78, 5) is 12.0. The van der Waals surface area contributed by atoms with Gasteiger partial charge in [-0.1, -0.05) is 36.9 Å². The van der Waals surface area contributed by atoms with Crippen LogP contribution in [0.3, 0.4) is 0 Å². The molecular weight excluding hydrogens is 281 g/mol. The van der Waals surface area contributed by atoms with E-state index in [0.29, 0.717) is 11.3 Å². The Kier molecular flexibility index (Phi) is 5.31. The van der Waals surface area contributed by atoms with Crippen LogP contribution in [0.25, 0.3) is 0 Å². The summed E-state index contributed by atoms with van der Waals surface area (Å²) in [7, 11) is 0. The van der Waals surface area contributed by atoms with Crippen LogP contribution in [-0.4, -0.2) is 12.6 Å². The van der Waals surface area contributed by atoms with Crippen molar-refractivity contribution in [3.05, 3.63) is 78.1 Å². The van der Waals surface area contributed by atoms with Crippen LogP contribution < -0.4 is 5.32 Å². The van der Waals surface area contributed by atoms with Crippen LogP contribution in [0.4, 0.5) is 10.1 Å². The second kappa shape index (κ2) is 7.41. The molecule has 2 aromatic carbocycles. The Balaban J connectivity index is 2.27. The number of halogens is 1. The average Bonchev–Trinajstić information content (AvgIpc) is 2.55. The van der Waals surface area contributed by atoms with Gasteiger partial charge in [-0.25, -0.2) is 9.18 Å². The second-order valence-electron chi connectivity index (χ2n) is 4.74. The SMILES string of the molecule is C=C(C(=O)OCC)C(Nc1ccc(F)cc1)c1ccccc1. The highest BCUT2D eigenvalue weighted by Crippen LogP contribution is 2.26. The molecule has 0 aliphatic carbocycles. The minimum atomic E-state index is -0.453. The second-order valence-corrected chi connectivity index (χ2v) is 4.74. The lowest BCUT2D eigenvalue weighted by Crippen LogP contribution is -2.20. The highest BCUT2D eigenvalue weighted by molar-refractivity contribution is 5.90. The van der Waals surface area contributed by atoms with Crippen molar-refractivity contribution in [2.24, 2.45) is 0 Å². The molecule has 22 heavy (non-hydrogen) atoms.